The number of hydrogen-bond donors (Lipinski definition) is 0. The lowest BCUT2D eigenvalue weighted by Crippen LogP contribution is -2.22. The maximum Gasteiger partial charge on any atom is 0.426 e. The predicted molar refractivity (Wildman–Crippen MR) is 113 cm³/mol. The van der Waals surface area contributed by atoms with Crippen molar-refractivity contribution in [1.82, 2.24) is 0 Å². The molecule has 0 bridgehead atoms. The highest BCUT2D eigenvalue weighted by Gasteiger charge is 2.35. The highest BCUT2D eigenvalue weighted by atomic mass is 19.3. The molecule has 6 heteroatoms. The maximum atomic E-state index is 15.0. The van der Waals surface area contributed by atoms with Gasteiger partial charge in [0.1, 0.15) is 5.75 Å². The van der Waals surface area contributed by atoms with Crippen LogP contribution in [0.1, 0.15) is 49.7 Å². The van der Waals surface area contributed by atoms with Crippen LogP contribution in [0.2, 0.25) is 0 Å². The third kappa shape index (κ3) is 4.64. The number of alkyl halides is 2. The van der Waals surface area contributed by atoms with Crippen LogP contribution < -0.4 is 4.74 Å². The van der Waals surface area contributed by atoms with E-state index in [0.717, 1.165) is 43.4 Å². The van der Waals surface area contributed by atoms with Crippen molar-refractivity contribution in [1.29, 1.82) is 0 Å². The minimum absolute atomic E-state index is 0.0259. The molecule has 1 aliphatic rings. The van der Waals surface area contributed by atoms with Crippen molar-refractivity contribution >= 4 is 0 Å². The first-order valence-electron chi connectivity index (χ1n) is 10.7. The largest absolute Gasteiger partial charge is 0.428 e. The van der Waals surface area contributed by atoms with Gasteiger partial charge in [-0.05, 0) is 66.1 Å². The van der Waals surface area contributed by atoms with E-state index in [-0.39, 0.29) is 22.4 Å². The Morgan fingerprint density at radius 3 is 2.03 bits per heavy atom. The quantitative estimate of drug-likeness (QED) is 0.284. The van der Waals surface area contributed by atoms with Gasteiger partial charge in [-0.2, -0.15) is 8.78 Å². The Morgan fingerprint density at radius 1 is 0.812 bits per heavy atom. The Kier molecular flexibility index (Phi) is 6.22. The van der Waals surface area contributed by atoms with Gasteiger partial charge < -0.3 is 4.74 Å². The second-order valence-corrected chi connectivity index (χ2v) is 8.45. The van der Waals surface area contributed by atoms with Crippen molar-refractivity contribution < 1.29 is 26.7 Å². The molecule has 0 N–H and O–H groups in total. The summed E-state index contributed by atoms with van der Waals surface area (Å²) >= 11 is 0. The van der Waals surface area contributed by atoms with Crippen LogP contribution in [0.3, 0.4) is 0 Å². The summed E-state index contributed by atoms with van der Waals surface area (Å²) in [5, 5.41) is 0. The molecule has 0 spiro atoms. The van der Waals surface area contributed by atoms with Crippen LogP contribution in [0.5, 0.6) is 5.75 Å². The van der Waals surface area contributed by atoms with Gasteiger partial charge in [0.05, 0.1) is 5.56 Å². The summed E-state index contributed by atoms with van der Waals surface area (Å²) in [6.45, 7) is 2.23. The molecule has 1 saturated carbocycles. The Balaban J connectivity index is 1.58. The lowest BCUT2D eigenvalue weighted by Gasteiger charge is -2.27. The topological polar surface area (TPSA) is 9.23 Å². The monoisotopic (exact) mass is 446 g/mol. The Bertz CT molecular complexity index is 1060. The van der Waals surface area contributed by atoms with Crippen LogP contribution in [0, 0.1) is 23.4 Å². The summed E-state index contributed by atoms with van der Waals surface area (Å²) in [5.74, 6) is -3.63. The normalized spacial score (nSPS) is 19.1. The lowest BCUT2D eigenvalue weighted by atomic mass is 9.79. The number of rotatable bonds is 5. The maximum absolute atomic E-state index is 15.0. The minimum atomic E-state index is -3.67. The van der Waals surface area contributed by atoms with E-state index < -0.39 is 23.6 Å². The summed E-state index contributed by atoms with van der Waals surface area (Å²) in [6, 6.07) is 13.3. The van der Waals surface area contributed by atoms with Crippen molar-refractivity contribution in [2.45, 2.75) is 44.6 Å². The molecule has 1 nitrogen and oxygen atoms in total. The zero-order valence-electron chi connectivity index (χ0n) is 17.6. The van der Waals surface area contributed by atoms with Crippen LogP contribution in [-0.4, -0.2) is 0 Å². The summed E-state index contributed by atoms with van der Waals surface area (Å²) in [7, 11) is 0. The standard InChI is InChI=1S/C26H23F5O/c1-16-6-8-17(9-7-16)18-10-12-20(13-11-18)26(30,31)32-24-5-3-2-4-21(24)19-14-22(27)25(29)23(28)15-19/h2-5,10-17H,6-9H2,1H3. The number of para-hydroxylation sites is 1. The molecule has 0 aliphatic heterocycles. The van der Waals surface area contributed by atoms with Gasteiger partial charge in [-0.25, -0.2) is 13.2 Å². The Hall–Kier alpha value is -2.89. The Labute approximate surface area is 183 Å². The van der Waals surface area contributed by atoms with Crippen molar-refractivity contribution in [3.05, 3.63) is 89.2 Å². The van der Waals surface area contributed by atoms with Gasteiger partial charge in [0, 0.05) is 5.56 Å². The smallest absolute Gasteiger partial charge is 0.426 e. The van der Waals surface area contributed by atoms with Gasteiger partial charge in [-0.15, -0.1) is 0 Å². The first kappa shape index (κ1) is 22.3. The lowest BCUT2D eigenvalue weighted by molar-refractivity contribution is -0.185. The molecule has 3 aromatic rings. The Morgan fingerprint density at radius 2 is 1.41 bits per heavy atom. The van der Waals surface area contributed by atoms with Gasteiger partial charge in [0.25, 0.3) is 0 Å². The van der Waals surface area contributed by atoms with E-state index in [4.69, 9.17) is 4.74 Å². The van der Waals surface area contributed by atoms with Crippen LogP contribution >= 0.6 is 0 Å². The number of benzene rings is 3. The third-order valence-electron chi connectivity index (χ3n) is 6.15. The molecule has 1 aliphatic carbocycles. The molecular weight excluding hydrogens is 423 g/mol. The van der Waals surface area contributed by atoms with Gasteiger partial charge in [0.2, 0.25) is 0 Å². The van der Waals surface area contributed by atoms with Crippen LogP contribution in [0.4, 0.5) is 22.0 Å². The van der Waals surface area contributed by atoms with Crippen molar-refractivity contribution in [2.75, 3.05) is 0 Å². The molecule has 0 unspecified atom stereocenters. The fraction of sp³-hybridized carbons (Fsp3) is 0.308. The molecule has 4 rings (SSSR count). The number of ether oxygens (including phenoxy) is 1. The van der Waals surface area contributed by atoms with E-state index in [2.05, 4.69) is 6.92 Å². The number of hydrogen-bond acceptors (Lipinski definition) is 1. The van der Waals surface area contributed by atoms with Crippen molar-refractivity contribution in [2.24, 2.45) is 5.92 Å². The molecular formula is C26H23F5O. The summed E-state index contributed by atoms with van der Waals surface area (Å²) in [5.41, 5.74) is 0.637. The second kappa shape index (κ2) is 8.93. The molecule has 1 fully saturated rings. The van der Waals surface area contributed by atoms with Crippen LogP contribution in [-0.2, 0) is 6.11 Å². The van der Waals surface area contributed by atoms with E-state index in [0.29, 0.717) is 11.8 Å². The fourth-order valence-corrected chi connectivity index (χ4v) is 4.24. The SMILES string of the molecule is CC1CCC(c2ccc(C(F)(F)Oc3ccccc3-c3cc(F)c(F)c(F)c3)cc2)CC1. The van der Waals surface area contributed by atoms with E-state index >= 15 is 0 Å². The fourth-order valence-electron chi connectivity index (χ4n) is 4.24. The summed E-state index contributed by atoms with van der Waals surface area (Å²) in [4.78, 5) is 0. The summed E-state index contributed by atoms with van der Waals surface area (Å²) in [6.07, 6.45) is 0.685. The van der Waals surface area contributed by atoms with Gasteiger partial charge in [0.15, 0.2) is 17.5 Å². The molecule has 0 radical (unpaired) electrons. The zero-order chi connectivity index (χ0) is 22.9. The second-order valence-electron chi connectivity index (χ2n) is 8.45. The zero-order valence-corrected chi connectivity index (χ0v) is 17.6. The van der Waals surface area contributed by atoms with Gasteiger partial charge >= 0.3 is 6.11 Å². The van der Waals surface area contributed by atoms with Crippen molar-refractivity contribution in [3.8, 4) is 16.9 Å². The first-order valence-corrected chi connectivity index (χ1v) is 10.7. The number of halogens is 5. The molecule has 0 heterocycles. The van der Waals surface area contributed by atoms with Crippen molar-refractivity contribution in [3.63, 3.8) is 0 Å². The minimum Gasteiger partial charge on any atom is -0.428 e. The highest BCUT2D eigenvalue weighted by Crippen LogP contribution is 2.40. The average Bonchev–Trinajstić information content (AvgIpc) is 2.78. The van der Waals surface area contributed by atoms with E-state index in [1.165, 1.54) is 36.4 Å². The molecule has 3 aromatic carbocycles. The molecule has 0 aromatic heterocycles. The van der Waals surface area contributed by atoms with E-state index in [1.807, 2.05) is 0 Å². The molecule has 0 atom stereocenters. The van der Waals surface area contributed by atoms with E-state index in [1.54, 1.807) is 12.1 Å². The average molecular weight is 446 g/mol. The summed E-state index contributed by atoms with van der Waals surface area (Å²) < 4.78 is 75.6. The van der Waals surface area contributed by atoms with Crippen LogP contribution in [0.25, 0.3) is 11.1 Å². The highest BCUT2D eigenvalue weighted by molar-refractivity contribution is 5.70. The predicted octanol–water partition coefficient (Wildman–Crippen LogP) is 8.19. The van der Waals surface area contributed by atoms with Gasteiger partial charge in [-0.1, -0.05) is 50.1 Å². The third-order valence-corrected chi connectivity index (χ3v) is 6.15. The molecule has 168 valence electrons. The molecule has 0 amide bonds. The van der Waals surface area contributed by atoms with Gasteiger partial charge in [-0.3, -0.25) is 0 Å². The molecule has 32 heavy (non-hydrogen) atoms. The van der Waals surface area contributed by atoms with Crippen LogP contribution in [0.15, 0.2) is 60.7 Å². The molecule has 0 saturated heterocycles. The van der Waals surface area contributed by atoms with E-state index in [9.17, 15) is 22.0 Å². The first-order chi connectivity index (χ1) is 15.2.